The SMILES string of the molecule is O=C(COc1ccccc1[N+](=O)[O-])NCc1ccc(S(=O)(=O)N2CCCC2)s1. The number of hydrogen-bond donors (Lipinski definition) is 1. The Balaban J connectivity index is 1.53. The van der Waals surface area contributed by atoms with Gasteiger partial charge < -0.3 is 10.1 Å². The summed E-state index contributed by atoms with van der Waals surface area (Å²) in [6, 6.07) is 9.01. The maximum absolute atomic E-state index is 12.5. The Kier molecular flexibility index (Phi) is 6.27. The minimum atomic E-state index is -3.46. The summed E-state index contributed by atoms with van der Waals surface area (Å²) >= 11 is 1.12. The van der Waals surface area contributed by atoms with E-state index in [9.17, 15) is 23.3 Å². The smallest absolute Gasteiger partial charge is 0.310 e. The molecule has 1 aliphatic rings. The maximum atomic E-state index is 12.5. The number of hydrogen-bond acceptors (Lipinski definition) is 7. The fraction of sp³-hybridized carbons (Fsp3) is 0.353. The van der Waals surface area contributed by atoms with E-state index in [0.717, 1.165) is 24.2 Å². The number of rotatable bonds is 8. The Morgan fingerprint density at radius 1 is 1.21 bits per heavy atom. The second kappa shape index (κ2) is 8.67. The molecule has 9 nitrogen and oxygen atoms in total. The average Bonchev–Trinajstić information content (AvgIpc) is 3.37. The molecule has 1 saturated heterocycles. The van der Waals surface area contributed by atoms with Gasteiger partial charge in [-0.3, -0.25) is 14.9 Å². The molecule has 0 unspecified atom stereocenters. The minimum absolute atomic E-state index is 0.0118. The lowest BCUT2D eigenvalue weighted by Gasteiger charge is -2.13. The third kappa shape index (κ3) is 4.66. The summed E-state index contributed by atoms with van der Waals surface area (Å²) in [7, 11) is -3.46. The highest BCUT2D eigenvalue weighted by atomic mass is 32.2. The molecule has 0 atom stereocenters. The van der Waals surface area contributed by atoms with Crippen molar-refractivity contribution in [1.82, 2.24) is 9.62 Å². The molecular formula is C17H19N3O6S2. The number of thiophene rings is 1. The summed E-state index contributed by atoms with van der Waals surface area (Å²) in [6.07, 6.45) is 1.74. The first-order valence-electron chi connectivity index (χ1n) is 8.60. The summed E-state index contributed by atoms with van der Waals surface area (Å²) in [5.41, 5.74) is -0.217. The van der Waals surface area contributed by atoms with Crippen molar-refractivity contribution in [2.45, 2.75) is 23.6 Å². The molecule has 3 rings (SSSR count). The highest BCUT2D eigenvalue weighted by Gasteiger charge is 2.28. The largest absolute Gasteiger partial charge is 0.477 e. The van der Waals surface area contributed by atoms with Crippen LogP contribution in [0.25, 0.3) is 0 Å². The van der Waals surface area contributed by atoms with Crippen molar-refractivity contribution in [2.75, 3.05) is 19.7 Å². The molecule has 0 bridgehead atoms. The number of nitro benzene ring substituents is 1. The number of carbonyl (C=O) groups excluding carboxylic acids is 1. The molecule has 11 heteroatoms. The quantitative estimate of drug-likeness (QED) is 0.511. The summed E-state index contributed by atoms with van der Waals surface area (Å²) in [4.78, 5) is 23.0. The van der Waals surface area contributed by atoms with Gasteiger partial charge in [-0.2, -0.15) is 4.31 Å². The van der Waals surface area contributed by atoms with Crippen LogP contribution >= 0.6 is 11.3 Å². The van der Waals surface area contributed by atoms with Gasteiger partial charge in [0, 0.05) is 24.0 Å². The van der Waals surface area contributed by atoms with Gasteiger partial charge in [0.15, 0.2) is 12.4 Å². The van der Waals surface area contributed by atoms with Crippen LogP contribution in [0.2, 0.25) is 0 Å². The van der Waals surface area contributed by atoms with Gasteiger partial charge in [0.05, 0.1) is 11.5 Å². The normalized spacial score (nSPS) is 14.7. The molecule has 1 aliphatic heterocycles. The van der Waals surface area contributed by atoms with Gasteiger partial charge in [-0.25, -0.2) is 8.42 Å². The molecule has 2 aromatic rings. The summed E-state index contributed by atoms with van der Waals surface area (Å²) in [5, 5.41) is 13.6. The third-order valence-electron chi connectivity index (χ3n) is 4.18. The van der Waals surface area contributed by atoms with Crippen molar-refractivity contribution >= 4 is 33.0 Å². The first-order valence-corrected chi connectivity index (χ1v) is 10.9. The van der Waals surface area contributed by atoms with Crippen molar-refractivity contribution in [3.63, 3.8) is 0 Å². The number of benzene rings is 1. The average molecular weight is 425 g/mol. The molecule has 1 aromatic heterocycles. The Morgan fingerprint density at radius 2 is 1.93 bits per heavy atom. The lowest BCUT2D eigenvalue weighted by molar-refractivity contribution is -0.385. The molecule has 0 radical (unpaired) electrons. The fourth-order valence-electron chi connectivity index (χ4n) is 2.76. The Hall–Kier alpha value is -2.50. The predicted molar refractivity (Wildman–Crippen MR) is 103 cm³/mol. The van der Waals surface area contributed by atoms with Crippen LogP contribution in [-0.2, 0) is 21.4 Å². The van der Waals surface area contributed by atoms with E-state index in [0.29, 0.717) is 18.0 Å². The zero-order valence-corrected chi connectivity index (χ0v) is 16.5. The van der Waals surface area contributed by atoms with E-state index in [1.165, 1.54) is 22.5 Å². The second-order valence-electron chi connectivity index (χ2n) is 6.12. The van der Waals surface area contributed by atoms with Crippen LogP contribution in [0, 0.1) is 10.1 Å². The minimum Gasteiger partial charge on any atom is -0.477 e. The van der Waals surface area contributed by atoms with E-state index < -0.39 is 20.9 Å². The number of nitrogens with zero attached hydrogens (tertiary/aromatic N) is 2. The van der Waals surface area contributed by atoms with E-state index in [1.54, 1.807) is 18.2 Å². The Labute approximate surface area is 166 Å². The highest BCUT2D eigenvalue weighted by Crippen LogP contribution is 2.27. The Morgan fingerprint density at radius 3 is 2.64 bits per heavy atom. The molecular weight excluding hydrogens is 406 g/mol. The van der Waals surface area contributed by atoms with Crippen LogP contribution < -0.4 is 10.1 Å². The topological polar surface area (TPSA) is 119 Å². The lowest BCUT2D eigenvalue weighted by atomic mass is 10.3. The number of para-hydroxylation sites is 2. The maximum Gasteiger partial charge on any atom is 0.310 e. The fourth-order valence-corrected chi connectivity index (χ4v) is 5.72. The molecule has 0 spiro atoms. The molecule has 0 saturated carbocycles. The highest BCUT2D eigenvalue weighted by molar-refractivity contribution is 7.91. The predicted octanol–water partition coefficient (Wildman–Crippen LogP) is 2.14. The van der Waals surface area contributed by atoms with E-state index in [2.05, 4.69) is 5.32 Å². The number of carbonyl (C=O) groups is 1. The third-order valence-corrected chi connectivity index (χ3v) is 7.63. The zero-order valence-electron chi connectivity index (χ0n) is 14.9. The van der Waals surface area contributed by atoms with Crippen LogP contribution in [-0.4, -0.2) is 43.2 Å². The first-order chi connectivity index (χ1) is 13.4. The molecule has 2 heterocycles. The molecule has 1 amide bonds. The van der Waals surface area contributed by atoms with E-state index in [-0.39, 0.29) is 28.8 Å². The van der Waals surface area contributed by atoms with Crippen LogP contribution in [0.1, 0.15) is 17.7 Å². The van der Waals surface area contributed by atoms with Gasteiger partial charge in [-0.05, 0) is 31.0 Å². The van der Waals surface area contributed by atoms with Crippen LogP contribution in [0.3, 0.4) is 0 Å². The zero-order chi connectivity index (χ0) is 20.1. The molecule has 1 N–H and O–H groups in total. The van der Waals surface area contributed by atoms with Gasteiger partial charge in [0.1, 0.15) is 4.21 Å². The lowest BCUT2D eigenvalue weighted by Crippen LogP contribution is -2.28. The number of sulfonamides is 1. The number of amides is 1. The summed E-state index contributed by atoms with van der Waals surface area (Å²) < 4.78 is 32.0. The molecule has 0 aliphatic carbocycles. The standard InChI is InChI=1S/C17H19N3O6S2/c21-16(12-26-15-6-2-1-5-14(15)20(22)23)18-11-13-7-8-17(27-13)28(24,25)19-9-3-4-10-19/h1-2,5-8H,3-4,9-12H2,(H,18,21). The van der Waals surface area contributed by atoms with Gasteiger partial charge >= 0.3 is 5.69 Å². The second-order valence-corrected chi connectivity index (χ2v) is 9.46. The van der Waals surface area contributed by atoms with E-state index in [4.69, 9.17) is 4.74 Å². The van der Waals surface area contributed by atoms with Crippen LogP contribution in [0.15, 0.2) is 40.6 Å². The molecule has 1 fully saturated rings. The molecule has 150 valence electrons. The first kappa shape index (κ1) is 20.2. The summed E-state index contributed by atoms with van der Waals surface area (Å²) in [6.45, 7) is 0.846. The van der Waals surface area contributed by atoms with Gasteiger partial charge in [0.25, 0.3) is 15.9 Å². The van der Waals surface area contributed by atoms with Crippen molar-refractivity contribution < 1.29 is 22.9 Å². The van der Waals surface area contributed by atoms with Crippen LogP contribution in [0.5, 0.6) is 5.75 Å². The van der Waals surface area contributed by atoms with Crippen LogP contribution in [0.4, 0.5) is 5.69 Å². The number of nitro groups is 1. The van der Waals surface area contributed by atoms with Crippen molar-refractivity contribution in [3.8, 4) is 5.75 Å². The van der Waals surface area contributed by atoms with Gasteiger partial charge in [-0.15, -0.1) is 11.3 Å². The number of ether oxygens (including phenoxy) is 1. The Bertz CT molecular complexity index is 967. The van der Waals surface area contributed by atoms with Gasteiger partial charge in [0.2, 0.25) is 0 Å². The van der Waals surface area contributed by atoms with Crippen molar-refractivity contribution in [2.24, 2.45) is 0 Å². The molecule has 1 aromatic carbocycles. The number of nitrogens with one attached hydrogen (secondary N) is 1. The van der Waals surface area contributed by atoms with Crippen molar-refractivity contribution in [1.29, 1.82) is 0 Å². The monoisotopic (exact) mass is 425 g/mol. The van der Waals surface area contributed by atoms with E-state index in [1.807, 2.05) is 0 Å². The van der Waals surface area contributed by atoms with E-state index >= 15 is 0 Å². The van der Waals surface area contributed by atoms with Gasteiger partial charge in [-0.1, -0.05) is 12.1 Å². The molecule has 28 heavy (non-hydrogen) atoms. The summed E-state index contributed by atoms with van der Waals surface area (Å²) in [5.74, 6) is -0.451. The van der Waals surface area contributed by atoms with Crippen molar-refractivity contribution in [3.05, 3.63) is 51.4 Å².